The summed E-state index contributed by atoms with van der Waals surface area (Å²) in [5.41, 5.74) is 0. The normalized spacial score (nSPS) is 38.5. The summed E-state index contributed by atoms with van der Waals surface area (Å²) in [6.07, 6.45) is 3.02. The molecule has 0 aromatic rings. The lowest BCUT2D eigenvalue weighted by Crippen LogP contribution is -2.31. The van der Waals surface area contributed by atoms with E-state index in [1.807, 2.05) is 0 Å². The van der Waals surface area contributed by atoms with Gasteiger partial charge >= 0.3 is 0 Å². The molecule has 0 aromatic carbocycles. The van der Waals surface area contributed by atoms with Gasteiger partial charge in [-0.15, -0.1) is 0 Å². The number of aliphatic hydroxyl groups excluding tert-OH is 2. The molecular weight excluding hydrogens is 154 g/mol. The molecule has 0 amide bonds. The van der Waals surface area contributed by atoms with Crippen molar-refractivity contribution in [2.24, 2.45) is 5.92 Å². The van der Waals surface area contributed by atoms with Crippen molar-refractivity contribution < 1.29 is 10.2 Å². The van der Waals surface area contributed by atoms with Crippen molar-refractivity contribution in [3.63, 3.8) is 0 Å². The summed E-state index contributed by atoms with van der Waals surface area (Å²) in [4.78, 5) is 2.18. The van der Waals surface area contributed by atoms with Gasteiger partial charge < -0.3 is 10.2 Å². The summed E-state index contributed by atoms with van der Waals surface area (Å²) in [7, 11) is 0. The van der Waals surface area contributed by atoms with Gasteiger partial charge in [-0.25, -0.2) is 0 Å². The minimum atomic E-state index is -0.509. The van der Waals surface area contributed by atoms with Gasteiger partial charge in [0.25, 0.3) is 0 Å². The molecule has 1 saturated heterocycles. The fourth-order valence-electron chi connectivity index (χ4n) is 2.04. The predicted molar refractivity (Wildman–Crippen MR) is 45.8 cm³/mol. The minimum Gasteiger partial charge on any atom is -0.389 e. The quantitative estimate of drug-likeness (QED) is 0.606. The molecule has 1 aliphatic heterocycles. The van der Waals surface area contributed by atoms with E-state index in [-0.39, 0.29) is 0 Å². The molecule has 2 atom stereocenters. The van der Waals surface area contributed by atoms with E-state index in [9.17, 15) is 10.2 Å². The van der Waals surface area contributed by atoms with E-state index in [0.717, 1.165) is 12.5 Å². The molecule has 2 N–H and O–H groups in total. The molecule has 2 rings (SSSR count). The Balaban J connectivity index is 1.75. The highest BCUT2D eigenvalue weighted by Gasteiger charge is 2.31. The first-order valence-corrected chi connectivity index (χ1v) is 4.84. The Hall–Kier alpha value is -0.120. The lowest BCUT2D eigenvalue weighted by atomic mass is 9.85. The Bertz CT molecular complexity index is 149. The monoisotopic (exact) mass is 171 g/mol. The van der Waals surface area contributed by atoms with Crippen LogP contribution in [0.3, 0.4) is 0 Å². The Kier molecular flexibility index (Phi) is 2.35. The SMILES string of the molecule is O[C@@H]1CN(CC2CCC2)C[C@@H]1O. The molecule has 1 heterocycles. The van der Waals surface area contributed by atoms with Crippen LogP contribution < -0.4 is 0 Å². The zero-order chi connectivity index (χ0) is 8.55. The van der Waals surface area contributed by atoms with Crippen molar-refractivity contribution in [1.29, 1.82) is 0 Å². The minimum absolute atomic E-state index is 0.509. The summed E-state index contributed by atoms with van der Waals surface area (Å²) in [6, 6.07) is 0. The highest BCUT2D eigenvalue weighted by Crippen LogP contribution is 2.28. The maximum absolute atomic E-state index is 9.28. The molecule has 2 fully saturated rings. The van der Waals surface area contributed by atoms with Gasteiger partial charge in [-0.3, -0.25) is 4.90 Å². The third-order valence-corrected chi connectivity index (χ3v) is 3.08. The molecule has 12 heavy (non-hydrogen) atoms. The van der Waals surface area contributed by atoms with Crippen molar-refractivity contribution in [2.45, 2.75) is 31.5 Å². The summed E-state index contributed by atoms with van der Waals surface area (Å²) < 4.78 is 0. The number of hydrogen-bond donors (Lipinski definition) is 2. The summed E-state index contributed by atoms with van der Waals surface area (Å²) in [6.45, 7) is 2.41. The van der Waals surface area contributed by atoms with Crippen LogP contribution in [0.1, 0.15) is 19.3 Å². The highest BCUT2D eigenvalue weighted by molar-refractivity contribution is 4.85. The zero-order valence-corrected chi connectivity index (χ0v) is 7.32. The lowest BCUT2D eigenvalue weighted by Gasteiger charge is -2.29. The van der Waals surface area contributed by atoms with E-state index in [0.29, 0.717) is 13.1 Å². The molecule has 3 heteroatoms. The predicted octanol–water partition coefficient (Wildman–Crippen LogP) is -0.176. The number of hydrogen-bond acceptors (Lipinski definition) is 3. The number of likely N-dealkylation sites (tertiary alicyclic amines) is 1. The van der Waals surface area contributed by atoms with Gasteiger partial charge in [0.15, 0.2) is 0 Å². The van der Waals surface area contributed by atoms with E-state index in [4.69, 9.17) is 0 Å². The Morgan fingerprint density at radius 2 is 1.67 bits per heavy atom. The third kappa shape index (κ3) is 1.63. The van der Waals surface area contributed by atoms with Gasteiger partial charge in [0.2, 0.25) is 0 Å². The van der Waals surface area contributed by atoms with Gasteiger partial charge in [0.1, 0.15) is 0 Å². The Morgan fingerprint density at radius 1 is 1.08 bits per heavy atom. The van der Waals surface area contributed by atoms with Crippen LogP contribution in [-0.2, 0) is 0 Å². The molecule has 1 saturated carbocycles. The van der Waals surface area contributed by atoms with Crippen LogP contribution in [0, 0.1) is 5.92 Å². The number of β-amino-alcohol motifs (C(OH)–C–C–N with tert-alkyl or cyclic N) is 2. The fourth-order valence-corrected chi connectivity index (χ4v) is 2.04. The second kappa shape index (κ2) is 3.32. The van der Waals surface area contributed by atoms with E-state index in [1.54, 1.807) is 0 Å². The maximum Gasteiger partial charge on any atom is 0.0938 e. The molecule has 0 spiro atoms. The van der Waals surface area contributed by atoms with Gasteiger partial charge in [-0.1, -0.05) is 6.42 Å². The zero-order valence-electron chi connectivity index (χ0n) is 7.32. The van der Waals surface area contributed by atoms with Crippen molar-refractivity contribution in [2.75, 3.05) is 19.6 Å². The molecule has 0 bridgehead atoms. The van der Waals surface area contributed by atoms with E-state index < -0.39 is 12.2 Å². The lowest BCUT2D eigenvalue weighted by molar-refractivity contribution is 0.0572. The highest BCUT2D eigenvalue weighted by atomic mass is 16.3. The first-order valence-electron chi connectivity index (χ1n) is 4.84. The van der Waals surface area contributed by atoms with Crippen molar-refractivity contribution in [1.82, 2.24) is 4.90 Å². The molecule has 0 unspecified atom stereocenters. The largest absolute Gasteiger partial charge is 0.389 e. The van der Waals surface area contributed by atoms with Crippen LogP contribution >= 0.6 is 0 Å². The van der Waals surface area contributed by atoms with Gasteiger partial charge in [0.05, 0.1) is 12.2 Å². The summed E-state index contributed by atoms with van der Waals surface area (Å²) in [5.74, 6) is 0.836. The van der Waals surface area contributed by atoms with Crippen molar-refractivity contribution in [3.8, 4) is 0 Å². The summed E-state index contributed by atoms with van der Waals surface area (Å²) >= 11 is 0. The first kappa shape index (κ1) is 8.48. The second-order valence-corrected chi connectivity index (χ2v) is 4.15. The molecule has 1 aliphatic carbocycles. The molecule has 2 aliphatic rings. The van der Waals surface area contributed by atoms with E-state index in [2.05, 4.69) is 4.90 Å². The van der Waals surface area contributed by atoms with Gasteiger partial charge in [0, 0.05) is 19.6 Å². The molecular formula is C9H17NO2. The Labute approximate surface area is 73.0 Å². The van der Waals surface area contributed by atoms with Crippen LogP contribution in [0.4, 0.5) is 0 Å². The smallest absolute Gasteiger partial charge is 0.0938 e. The molecule has 0 radical (unpaired) electrons. The molecule has 0 aromatic heterocycles. The van der Waals surface area contributed by atoms with Gasteiger partial charge in [-0.2, -0.15) is 0 Å². The van der Waals surface area contributed by atoms with E-state index in [1.165, 1.54) is 19.3 Å². The fraction of sp³-hybridized carbons (Fsp3) is 1.00. The van der Waals surface area contributed by atoms with Crippen LogP contribution in [0.5, 0.6) is 0 Å². The van der Waals surface area contributed by atoms with Crippen LogP contribution in [-0.4, -0.2) is 47.0 Å². The van der Waals surface area contributed by atoms with Crippen LogP contribution in [0.15, 0.2) is 0 Å². The van der Waals surface area contributed by atoms with Crippen molar-refractivity contribution >= 4 is 0 Å². The number of nitrogens with zero attached hydrogens (tertiary/aromatic N) is 1. The first-order chi connectivity index (χ1) is 5.75. The average molecular weight is 171 g/mol. The molecule has 3 nitrogen and oxygen atoms in total. The van der Waals surface area contributed by atoms with Gasteiger partial charge in [-0.05, 0) is 18.8 Å². The van der Waals surface area contributed by atoms with Crippen LogP contribution in [0.25, 0.3) is 0 Å². The average Bonchev–Trinajstić information content (AvgIpc) is 2.24. The second-order valence-electron chi connectivity index (χ2n) is 4.15. The van der Waals surface area contributed by atoms with Crippen molar-refractivity contribution in [3.05, 3.63) is 0 Å². The molecule has 70 valence electrons. The number of rotatable bonds is 2. The summed E-state index contributed by atoms with van der Waals surface area (Å²) in [5, 5.41) is 18.6. The number of aliphatic hydroxyl groups is 2. The Morgan fingerprint density at radius 3 is 2.08 bits per heavy atom. The van der Waals surface area contributed by atoms with Crippen LogP contribution in [0.2, 0.25) is 0 Å². The topological polar surface area (TPSA) is 43.7 Å². The standard InChI is InChI=1S/C9H17NO2/c11-8-5-10(6-9(8)12)4-7-2-1-3-7/h7-9,11-12H,1-6H2/t8-,9+. The maximum atomic E-state index is 9.28. The third-order valence-electron chi connectivity index (χ3n) is 3.08. The van der Waals surface area contributed by atoms with E-state index >= 15 is 0 Å².